The normalized spacial score (nSPS) is 18.8. The second-order valence-corrected chi connectivity index (χ2v) is 8.82. The fourth-order valence-electron chi connectivity index (χ4n) is 3.86. The van der Waals surface area contributed by atoms with E-state index in [-0.39, 0.29) is 11.9 Å². The van der Waals surface area contributed by atoms with Gasteiger partial charge in [0.25, 0.3) is 5.91 Å². The van der Waals surface area contributed by atoms with Crippen molar-refractivity contribution in [2.45, 2.75) is 37.7 Å². The molecule has 0 atom stereocenters. The van der Waals surface area contributed by atoms with Gasteiger partial charge in [0, 0.05) is 27.2 Å². The van der Waals surface area contributed by atoms with Gasteiger partial charge >= 0.3 is 6.01 Å². The molecule has 2 aliphatic rings. The molecule has 2 aromatic rings. The maximum absolute atomic E-state index is 13.0. The third-order valence-electron chi connectivity index (χ3n) is 5.38. The topological polar surface area (TPSA) is 120 Å². The van der Waals surface area contributed by atoms with Gasteiger partial charge in [-0.15, -0.1) is 0 Å². The lowest BCUT2D eigenvalue weighted by Crippen LogP contribution is -2.52. The molecule has 10 nitrogen and oxygen atoms in total. The van der Waals surface area contributed by atoms with Gasteiger partial charge in [0.05, 0.1) is 24.3 Å². The van der Waals surface area contributed by atoms with Crippen molar-refractivity contribution in [3.8, 4) is 16.7 Å². The highest BCUT2D eigenvalue weighted by atomic mass is 32.1. The molecule has 0 bridgehead atoms. The Labute approximate surface area is 179 Å². The highest BCUT2D eigenvalue weighted by molar-refractivity contribution is 7.18. The minimum atomic E-state index is -0.949. The van der Waals surface area contributed by atoms with Gasteiger partial charge in [-0.1, -0.05) is 17.8 Å². The maximum atomic E-state index is 13.0. The number of morpholine rings is 1. The quantitative estimate of drug-likeness (QED) is 0.749. The Hall–Kier alpha value is -2.53. The van der Waals surface area contributed by atoms with Crippen LogP contribution >= 0.6 is 11.3 Å². The zero-order valence-corrected chi connectivity index (χ0v) is 18.2. The highest BCUT2D eigenvalue weighted by Crippen LogP contribution is 2.35. The van der Waals surface area contributed by atoms with Crippen molar-refractivity contribution in [2.75, 3.05) is 51.0 Å². The number of rotatable bonds is 5. The molecular weight excluding hydrogens is 406 g/mol. The summed E-state index contributed by atoms with van der Waals surface area (Å²) in [6.45, 7) is 2.56. The summed E-state index contributed by atoms with van der Waals surface area (Å²) >= 11 is 1.30. The lowest BCUT2D eigenvalue weighted by Gasteiger charge is -2.37. The molecule has 0 aromatic carbocycles. The van der Waals surface area contributed by atoms with Crippen LogP contribution < -0.4 is 15.4 Å². The van der Waals surface area contributed by atoms with Crippen molar-refractivity contribution in [3.05, 3.63) is 6.20 Å². The standard InChI is InChI=1S/C19H27N7O3S/c1-25(2)15(27)19(6-4-3-5-7-19)29-18-23-14(13-12-21-16(20)30-13)22-17(24-18)26-8-10-28-11-9-26/h12H,3-11H2,1-2H3,(H2,20,21). The Morgan fingerprint density at radius 3 is 2.57 bits per heavy atom. The van der Waals surface area contributed by atoms with Gasteiger partial charge in [0.1, 0.15) is 0 Å². The van der Waals surface area contributed by atoms with Gasteiger partial charge in [0.15, 0.2) is 16.6 Å². The molecule has 3 heterocycles. The van der Waals surface area contributed by atoms with Gasteiger partial charge in [-0.05, 0) is 25.7 Å². The molecule has 1 aliphatic heterocycles. The van der Waals surface area contributed by atoms with Crippen molar-refractivity contribution in [3.63, 3.8) is 0 Å². The Kier molecular flexibility index (Phi) is 6.00. The van der Waals surface area contributed by atoms with E-state index in [2.05, 4.69) is 19.9 Å². The number of aromatic nitrogens is 4. The number of hydrogen-bond acceptors (Lipinski definition) is 10. The summed E-state index contributed by atoms with van der Waals surface area (Å²) < 4.78 is 11.8. The molecule has 2 N–H and O–H groups in total. The second-order valence-electron chi connectivity index (χ2n) is 7.76. The van der Waals surface area contributed by atoms with Crippen molar-refractivity contribution < 1.29 is 14.3 Å². The van der Waals surface area contributed by atoms with E-state index in [0.717, 1.165) is 24.1 Å². The average Bonchev–Trinajstić information content (AvgIpc) is 3.20. The first-order chi connectivity index (χ1) is 14.5. The van der Waals surface area contributed by atoms with E-state index in [1.807, 2.05) is 4.90 Å². The second kappa shape index (κ2) is 8.68. The minimum Gasteiger partial charge on any atom is -0.447 e. The number of carbonyl (C=O) groups is 1. The first-order valence-corrected chi connectivity index (χ1v) is 11.0. The number of nitrogen functional groups attached to an aromatic ring is 1. The van der Waals surface area contributed by atoms with E-state index < -0.39 is 5.60 Å². The summed E-state index contributed by atoms with van der Waals surface area (Å²) in [7, 11) is 3.50. The number of ether oxygens (including phenoxy) is 2. The van der Waals surface area contributed by atoms with Gasteiger partial charge in [-0.25, -0.2) is 4.98 Å². The summed E-state index contributed by atoms with van der Waals surface area (Å²) in [5, 5.41) is 0.437. The van der Waals surface area contributed by atoms with E-state index in [1.165, 1.54) is 11.3 Å². The maximum Gasteiger partial charge on any atom is 0.322 e. The van der Waals surface area contributed by atoms with Crippen LogP contribution in [0.1, 0.15) is 32.1 Å². The molecule has 1 amide bonds. The zero-order chi connectivity index (χ0) is 21.1. The molecule has 1 aliphatic carbocycles. The number of thiazole rings is 1. The molecule has 2 aromatic heterocycles. The lowest BCUT2D eigenvalue weighted by molar-refractivity contribution is -0.149. The monoisotopic (exact) mass is 433 g/mol. The van der Waals surface area contributed by atoms with Crippen LogP contribution in [0.3, 0.4) is 0 Å². The summed E-state index contributed by atoms with van der Waals surface area (Å²) in [5.74, 6) is 0.895. The van der Waals surface area contributed by atoms with Crippen molar-refractivity contribution >= 4 is 28.3 Å². The predicted octanol–water partition coefficient (Wildman–Crippen LogP) is 1.58. The van der Waals surface area contributed by atoms with Gasteiger partial charge in [0.2, 0.25) is 5.95 Å². The summed E-state index contributed by atoms with van der Waals surface area (Å²) in [6.07, 6.45) is 5.88. The van der Waals surface area contributed by atoms with Crippen LogP contribution in [0.5, 0.6) is 6.01 Å². The number of nitrogens with zero attached hydrogens (tertiary/aromatic N) is 6. The van der Waals surface area contributed by atoms with Crippen molar-refractivity contribution in [1.82, 2.24) is 24.8 Å². The fraction of sp³-hybridized carbons (Fsp3) is 0.632. The number of hydrogen-bond donors (Lipinski definition) is 1. The van der Waals surface area contributed by atoms with Crippen molar-refractivity contribution in [2.24, 2.45) is 0 Å². The molecule has 0 spiro atoms. The van der Waals surface area contributed by atoms with Crippen LogP contribution in [-0.4, -0.2) is 76.7 Å². The Balaban J connectivity index is 1.72. The third kappa shape index (κ3) is 4.31. The van der Waals surface area contributed by atoms with Crippen LogP contribution in [-0.2, 0) is 9.53 Å². The van der Waals surface area contributed by atoms with Crippen LogP contribution in [0.15, 0.2) is 6.20 Å². The Bertz CT molecular complexity index is 892. The van der Waals surface area contributed by atoms with E-state index in [0.29, 0.717) is 56.0 Å². The molecule has 2 fully saturated rings. The summed E-state index contributed by atoms with van der Waals surface area (Å²) in [6, 6.07) is 0.158. The first kappa shape index (κ1) is 20.7. The van der Waals surface area contributed by atoms with Crippen LogP contribution in [0.2, 0.25) is 0 Å². The highest BCUT2D eigenvalue weighted by Gasteiger charge is 2.44. The smallest absolute Gasteiger partial charge is 0.322 e. The van der Waals surface area contributed by atoms with Crippen LogP contribution in [0, 0.1) is 0 Å². The molecule has 0 radical (unpaired) electrons. The van der Waals surface area contributed by atoms with E-state index in [4.69, 9.17) is 15.2 Å². The summed E-state index contributed by atoms with van der Waals surface area (Å²) in [5.41, 5.74) is 4.86. The number of carbonyl (C=O) groups excluding carboxylic acids is 1. The SMILES string of the molecule is CN(C)C(=O)C1(Oc2nc(-c3cnc(N)s3)nc(N3CCOCC3)n2)CCCCC1. The molecule has 30 heavy (non-hydrogen) atoms. The average molecular weight is 434 g/mol. The molecule has 0 unspecified atom stereocenters. The van der Waals surface area contributed by atoms with Crippen molar-refractivity contribution in [1.29, 1.82) is 0 Å². The number of amides is 1. The van der Waals surface area contributed by atoms with E-state index >= 15 is 0 Å². The molecule has 162 valence electrons. The van der Waals surface area contributed by atoms with Gasteiger partial charge in [-0.2, -0.15) is 15.0 Å². The number of anilines is 2. The van der Waals surface area contributed by atoms with E-state index in [1.54, 1.807) is 25.2 Å². The largest absolute Gasteiger partial charge is 0.447 e. The minimum absolute atomic E-state index is 0.0564. The van der Waals surface area contributed by atoms with Gasteiger partial charge < -0.3 is 25.0 Å². The third-order valence-corrected chi connectivity index (χ3v) is 6.21. The van der Waals surface area contributed by atoms with Gasteiger partial charge in [-0.3, -0.25) is 4.79 Å². The Morgan fingerprint density at radius 2 is 1.93 bits per heavy atom. The number of nitrogens with two attached hydrogens (primary N) is 1. The zero-order valence-electron chi connectivity index (χ0n) is 17.3. The van der Waals surface area contributed by atoms with E-state index in [9.17, 15) is 4.79 Å². The summed E-state index contributed by atoms with van der Waals surface area (Å²) in [4.78, 5) is 35.2. The van der Waals surface area contributed by atoms with Crippen LogP contribution in [0.4, 0.5) is 11.1 Å². The first-order valence-electron chi connectivity index (χ1n) is 10.2. The Morgan fingerprint density at radius 1 is 1.20 bits per heavy atom. The van der Waals surface area contributed by atoms with Crippen LogP contribution in [0.25, 0.3) is 10.7 Å². The molecule has 1 saturated carbocycles. The molecule has 11 heteroatoms. The predicted molar refractivity (Wildman–Crippen MR) is 114 cm³/mol. The fourth-order valence-corrected chi connectivity index (χ4v) is 4.48. The lowest BCUT2D eigenvalue weighted by atomic mass is 9.83. The molecular formula is C19H27N7O3S. The molecule has 4 rings (SSSR count). The number of likely N-dealkylation sites (N-methyl/N-ethyl adjacent to an activating group) is 1. The molecule has 1 saturated heterocycles.